The van der Waals surface area contributed by atoms with Crippen LogP contribution in [0, 0.1) is 5.82 Å². The molecule has 88 valence electrons. The fraction of sp³-hybridized carbons (Fsp3) is 0.400. The minimum atomic E-state index is -1.40. The van der Waals surface area contributed by atoms with Crippen molar-refractivity contribution in [2.75, 3.05) is 0 Å². The minimum Gasteiger partial charge on any atom is -0.251 e. The van der Waals surface area contributed by atoms with Crippen molar-refractivity contribution < 1.29 is 8.60 Å². The summed E-state index contributed by atoms with van der Waals surface area (Å²) in [7, 11) is -1.40. The first-order chi connectivity index (χ1) is 7.30. The summed E-state index contributed by atoms with van der Waals surface area (Å²) in [6, 6.07) is 1.29. The number of hydrogen-bond acceptors (Lipinski definition) is 2. The van der Waals surface area contributed by atoms with Crippen LogP contribution in [-0.4, -0.2) is 20.2 Å². The molecule has 6 heteroatoms. The Bertz CT molecular complexity index is 443. The van der Waals surface area contributed by atoms with Crippen molar-refractivity contribution in [1.82, 2.24) is 4.98 Å². The van der Waals surface area contributed by atoms with Crippen molar-refractivity contribution in [3.05, 3.63) is 28.2 Å². The summed E-state index contributed by atoms with van der Waals surface area (Å²) in [4.78, 5) is 3.83. The van der Waals surface area contributed by atoms with Crippen molar-refractivity contribution in [3.63, 3.8) is 0 Å². The number of pyridine rings is 1. The van der Waals surface area contributed by atoms with Crippen molar-refractivity contribution in [2.45, 2.75) is 25.5 Å². The van der Waals surface area contributed by atoms with Crippen LogP contribution in [0.1, 0.15) is 26.5 Å². The Balaban J connectivity index is 2.89. The molecule has 16 heavy (non-hydrogen) atoms. The largest absolute Gasteiger partial charge is 0.251 e. The molecular weight excluding hydrogens is 295 g/mol. The minimum absolute atomic E-state index is 0.0841. The van der Waals surface area contributed by atoms with Crippen LogP contribution in [-0.2, 0) is 11.0 Å². The lowest BCUT2D eigenvalue weighted by molar-refractivity contribution is 0.618. The second kappa shape index (κ2) is 5.14. The fourth-order valence-corrected chi connectivity index (χ4v) is 1.59. The van der Waals surface area contributed by atoms with Crippen LogP contribution in [0.4, 0.5) is 4.39 Å². The van der Waals surface area contributed by atoms with Crippen molar-refractivity contribution in [3.8, 4) is 0 Å². The Kier molecular flexibility index (Phi) is 4.32. The van der Waals surface area contributed by atoms with E-state index in [1.54, 1.807) is 20.8 Å². The van der Waals surface area contributed by atoms with Gasteiger partial charge in [-0.05, 0) is 42.8 Å². The zero-order chi connectivity index (χ0) is 12.3. The Morgan fingerprint density at radius 1 is 1.56 bits per heavy atom. The highest BCUT2D eigenvalue weighted by atomic mass is 79.9. The standard InChI is InChI=1S/C10H12BrFN2OS/c1-10(2,3)16(15)14-6-9-8(12)4-7(11)5-13-9/h4-6H,1-3H3/b14-6+. The Morgan fingerprint density at radius 3 is 2.69 bits per heavy atom. The molecule has 0 fully saturated rings. The molecular formula is C10H12BrFN2OS. The zero-order valence-corrected chi connectivity index (χ0v) is 11.6. The van der Waals surface area contributed by atoms with E-state index >= 15 is 0 Å². The maximum Gasteiger partial charge on any atom is 0.151 e. The van der Waals surface area contributed by atoms with Crippen LogP contribution in [0.5, 0.6) is 0 Å². The van der Waals surface area contributed by atoms with E-state index in [4.69, 9.17) is 0 Å². The topological polar surface area (TPSA) is 42.3 Å². The zero-order valence-electron chi connectivity index (χ0n) is 9.20. The van der Waals surface area contributed by atoms with Crippen LogP contribution in [0.2, 0.25) is 0 Å². The van der Waals surface area contributed by atoms with Gasteiger partial charge >= 0.3 is 0 Å². The molecule has 0 spiro atoms. The monoisotopic (exact) mass is 306 g/mol. The Hall–Kier alpha value is -0.620. The Labute approximate surface area is 105 Å². The van der Waals surface area contributed by atoms with E-state index < -0.39 is 21.5 Å². The first kappa shape index (κ1) is 13.4. The molecule has 0 aliphatic carbocycles. The number of nitrogens with zero attached hydrogens (tertiary/aromatic N) is 2. The van der Waals surface area contributed by atoms with Crippen LogP contribution in [0.15, 0.2) is 21.1 Å². The SMILES string of the molecule is CC(C)(C)S(=O)/N=C/c1ncc(Br)cc1F. The van der Waals surface area contributed by atoms with Gasteiger partial charge in [0, 0.05) is 10.7 Å². The number of halogens is 2. The molecule has 1 aromatic heterocycles. The molecule has 0 N–H and O–H groups in total. The van der Waals surface area contributed by atoms with Gasteiger partial charge in [0.15, 0.2) is 5.82 Å². The number of rotatable bonds is 2. The number of hydrogen-bond donors (Lipinski definition) is 0. The number of aromatic nitrogens is 1. The van der Waals surface area contributed by atoms with Gasteiger partial charge in [-0.3, -0.25) is 4.98 Å². The van der Waals surface area contributed by atoms with E-state index in [2.05, 4.69) is 25.3 Å². The highest BCUT2D eigenvalue weighted by molar-refractivity contribution is 9.10. The lowest BCUT2D eigenvalue weighted by atomic mass is 10.3. The molecule has 1 rings (SSSR count). The average Bonchev–Trinajstić information content (AvgIpc) is 2.14. The summed E-state index contributed by atoms with van der Waals surface area (Å²) in [5, 5.41) is 0. The molecule has 0 aliphatic rings. The van der Waals surface area contributed by atoms with Crippen LogP contribution >= 0.6 is 15.9 Å². The molecule has 1 unspecified atom stereocenters. The van der Waals surface area contributed by atoms with E-state index in [-0.39, 0.29) is 5.69 Å². The predicted molar refractivity (Wildman–Crippen MR) is 67.4 cm³/mol. The molecule has 3 nitrogen and oxygen atoms in total. The van der Waals surface area contributed by atoms with Crippen molar-refractivity contribution >= 4 is 33.1 Å². The summed E-state index contributed by atoms with van der Waals surface area (Å²) in [5.41, 5.74) is 0.0841. The average molecular weight is 307 g/mol. The molecule has 1 atom stereocenters. The maximum atomic E-state index is 13.3. The van der Waals surface area contributed by atoms with Crippen LogP contribution in [0.3, 0.4) is 0 Å². The lowest BCUT2D eigenvalue weighted by Crippen LogP contribution is -2.19. The van der Waals surface area contributed by atoms with E-state index in [0.717, 1.165) is 0 Å². The highest BCUT2D eigenvalue weighted by Crippen LogP contribution is 2.14. The molecule has 0 radical (unpaired) electrons. The fourth-order valence-electron chi connectivity index (χ4n) is 0.776. The Morgan fingerprint density at radius 2 is 2.19 bits per heavy atom. The van der Waals surface area contributed by atoms with Crippen LogP contribution in [0.25, 0.3) is 0 Å². The van der Waals surface area contributed by atoms with Gasteiger partial charge in [0.2, 0.25) is 0 Å². The van der Waals surface area contributed by atoms with Gasteiger partial charge < -0.3 is 0 Å². The smallest absolute Gasteiger partial charge is 0.151 e. The lowest BCUT2D eigenvalue weighted by Gasteiger charge is -2.12. The van der Waals surface area contributed by atoms with Gasteiger partial charge in [-0.15, -0.1) is 0 Å². The summed E-state index contributed by atoms with van der Waals surface area (Å²) < 4.78 is 28.8. The molecule has 1 heterocycles. The summed E-state index contributed by atoms with van der Waals surface area (Å²) in [5.74, 6) is -0.496. The summed E-state index contributed by atoms with van der Waals surface area (Å²) in [6.07, 6.45) is 2.66. The van der Waals surface area contributed by atoms with Gasteiger partial charge in [0.05, 0.1) is 11.0 Å². The summed E-state index contributed by atoms with van der Waals surface area (Å²) >= 11 is 3.10. The second-order valence-electron chi connectivity index (χ2n) is 4.12. The summed E-state index contributed by atoms with van der Waals surface area (Å²) in [6.45, 7) is 5.39. The van der Waals surface area contributed by atoms with Crippen molar-refractivity contribution in [2.24, 2.45) is 4.40 Å². The van der Waals surface area contributed by atoms with E-state index in [1.807, 2.05) is 0 Å². The van der Waals surface area contributed by atoms with Crippen molar-refractivity contribution in [1.29, 1.82) is 0 Å². The molecule has 0 bridgehead atoms. The maximum absolute atomic E-state index is 13.3. The molecule has 0 amide bonds. The van der Waals surface area contributed by atoms with Gasteiger partial charge in [0.25, 0.3) is 0 Å². The van der Waals surface area contributed by atoms with Gasteiger partial charge in [-0.2, -0.15) is 4.40 Å². The first-order valence-corrected chi connectivity index (χ1v) is 6.48. The van der Waals surface area contributed by atoms with Gasteiger partial charge in [-0.25, -0.2) is 8.60 Å². The van der Waals surface area contributed by atoms with Gasteiger partial charge in [-0.1, -0.05) is 0 Å². The van der Waals surface area contributed by atoms with E-state index in [0.29, 0.717) is 4.47 Å². The third-order valence-corrected chi connectivity index (χ3v) is 3.41. The molecule has 0 saturated carbocycles. The molecule has 0 saturated heterocycles. The predicted octanol–water partition coefficient (Wildman–Crippen LogP) is 2.86. The molecule has 1 aromatic rings. The van der Waals surface area contributed by atoms with E-state index in [1.165, 1.54) is 18.5 Å². The van der Waals surface area contributed by atoms with Gasteiger partial charge in [0.1, 0.15) is 16.7 Å². The van der Waals surface area contributed by atoms with E-state index in [9.17, 15) is 8.60 Å². The first-order valence-electron chi connectivity index (χ1n) is 4.58. The normalized spacial score (nSPS) is 14.3. The third kappa shape index (κ3) is 3.75. The third-order valence-electron chi connectivity index (χ3n) is 1.63. The highest BCUT2D eigenvalue weighted by Gasteiger charge is 2.18. The molecule has 0 aromatic carbocycles. The molecule has 0 aliphatic heterocycles. The quantitative estimate of drug-likeness (QED) is 0.789. The second-order valence-corrected chi connectivity index (χ2v) is 6.97. The van der Waals surface area contributed by atoms with Crippen LogP contribution < -0.4 is 0 Å².